The van der Waals surface area contributed by atoms with Gasteiger partial charge in [0.05, 0.1) is 22.3 Å². The number of carbonyl (C=O) groups is 11. The number of nitrogens with zero attached hydrogens (tertiary/aromatic N) is 3. The first-order valence-corrected chi connectivity index (χ1v) is 18.9. The highest BCUT2D eigenvalue weighted by Gasteiger charge is 2.50. The molecule has 0 bridgehead atoms. The Labute approximate surface area is 352 Å². The molecule has 0 saturated carbocycles. The molecule has 1 N–H and O–H groups in total. The molecule has 4 aliphatic rings. The Kier molecular flexibility index (Phi) is 13.8. The first kappa shape index (κ1) is 47.7. The van der Waals surface area contributed by atoms with Crippen molar-refractivity contribution in [3.05, 3.63) is 70.3 Å². The van der Waals surface area contributed by atoms with Gasteiger partial charge in [-0.3, -0.25) is 53.5 Å². The fourth-order valence-corrected chi connectivity index (χ4v) is 6.13. The predicted octanol–water partition coefficient (Wildman–Crippen LogP) is 4.97. The lowest BCUT2D eigenvalue weighted by Gasteiger charge is -2.34. The van der Waals surface area contributed by atoms with Gasteiger partial charge >= 0.3 is 18.4 Å². The molecule has 4 heterocycles. The smallest absolute Gasteiger partial charge is 0.443 e. The molecule has 62 heavy (non-hydrogen) atoms. The maximum Gasteiger partial charge on any atom is 0.519 e. The molecule has 0 radical (unpaired) electrons. The number of ether oxygens (including phenoxy) is 4. The van der Waals surface area contributed by atoms with Crippen molar-refractivity contribution in [1.29, 1.82) is 0 Å². The van der Waals surface area contributed by atoms with Crippen molar-refractivity contribution >= 4 is 65.7 Å². The summed E-state index contributed by atoms with van der Waals surface area (Å²) < 4.78 is 46.5. The lowest BCUT2D eigenvalue weighted by atomic mass is 10.0. The van der Waals surface area contributed by atoms with Gasteiger partial charge in [0.25, 0.3) is 29.5 Å². The van der Waals surface area contributed by atoms with E-state index < -0.39 is 112 Å². The van der Waals surface area contributed by atoms with E-state index in [2.05, 4.69) is 10.1 Å². The van der Waals surface area contributed by atoms with Crippen LogP contribution in [0.1, 0.15) is 129 Å². The molecule has 2 atom stereocenters. The fraction of sp³-hybridized carbons (Fsp3) is 0.439. The Balaban J connectivity index is 0.000000215. The summed E-state index contributed by atoms with van der Waals surface area (Å²) >= 11 is 0. The van der Waals surface area contributed by atoms with Crippen molar-refractivity contribution in [3.63, 3.8) is 0 Å². The van der Waals surface area contributed by atoms with Gasteiger partial charge in [0.1, 0.15) is 40.5 Å². The van der Waals surface area contributed by atoms with E-state index >= 15 is 0 Å². The Morgan fingerprint density at radius 2 is 1.02 bits per heavy atom. The zero-order valence-electron chi connectivity index (χ0n) is 35.2. The average Bonchev–Trinajstić information content (AvgIpc) is 3.51. The molecule has 2 saturated heterocycles. The second-order valence-electron chi connectivity index (χ2n) is 16.9. The molecule has 21 heteroatoms. The molecule has 19 nitrogen and oxygen atoms in total. The van der Waals surface area contributed by atoms with Crippen LogP contribution in [-0.4, -0.2) is 109 Å². The fourth-order valence-electron chi connectivity index (χ4n) is 6.13. The monoisotopic (exact) mass is 870 g/mol. The van der Waals surface area contributed by atoms with E-state index in [0.29, 0.717) is 9.80 Å². The second kappa shape index (κ2) is 18.0. The number of piperidine rings is 2. The van der Waals surface area contributed by atoms with Crippen LogP contribution in [-0.2, 0) is 38.1 Å². The molecule has 4 aliphatic heterocycles. The molecule has 0 aromatic heterocycles. The number of fused-ring (bicyclic) bond motifs is 2. The molecular formula is C41H44F2N4O15. The Morgan fingerprint density at radius 1 is 0.597 bits per heavy atom. The van der Waals surface area contributed by atoms with Crippen LogP contribution in [0.4, 0.5) is 23.2 Å². The largest absolute Gasteiger partial charge is 0.519 e. The highest BCUT2D eigenvalue weighted by atomic mass is 19.1. The van der Waals surface area contributed by atoms with E-state index in [-0.39, 0.29) is 42.4 Å². The summed E-state index contributed by atoms with van der Waals surface area (Å²) in [4.78, 5) is 133. The van der Waals surface area contributed by atoms with Crippen LogP contribution in [0.5, 0.6) is 0 Å². The minimum atomic E-state index is -1.39. The van der Waals surface area contributed by atoms with Crippen molar-refractivity contribution < 1.29 is 80.5 Å². The number of carbonyl (C=O) groups excluding carboxylic acids is 11. The Hall–Kier alpha value is -6.93. The molecule has 6 rings (SSSR count). The molecule has 2 aromatic rings. The third-order valence-corrected chi connectivity index (χ3v) is 8.53. The van der Waals surface area contributed by atoms with Gasteiger partial charge in [-0.1, -0.05) is 12.1 Å². The van der Waals surface area contributed by atoms with E-state index in [1.165, 1.54) is 24.3 Å². The van der Waals surface area contributed by atoms with Crippen LogP contribution in [0.2, 0.25) is 0 Å². The summed E-state index contributed by atoms with van der Waals surface area (Å²) in [7, 11) is 0. The van der Waals surface area contributed by atoms with Gasteiger partial charge in [-0.15, -0.1) is 0 Å². The number of nitrogens with one attached hydrogen (secondary N) is 1. The van der Waals surface area contributed by atoms with Gasteiger partial charge in [0.2, 0.25) is 17.7 Å². The standard InChI is InChI=1S/C18H17FN2O6.C13H9FN2O4.C10H18O5/c1-18(2,3)27-17(26)21-12(22)8-7-11(15(21)24)20-14(23)9-5-4-6-10(19)13(9)16(20)25;14-7-3-1-2-6-10(7)13(20)16(12(6)19)8-4-5-9(17)15-11(8)18;1-9(2,3)14-7(11)13-8(12)15-10(4,5)6/h4-6,11H,7-8H2,1-3H3;1-3,8H,4-5H2,(H,15,17,18);1-6H3. The van der Waals surface area contributed by atoms with E-state index in [1.807, 2.05) is 0 Å². The van der Waals surface area contributed by atoms with Gasteiger partial charge in [-0.2, -0.15) is 4.90 Å². The summed E-state index contributed by atoms with van der Waals surface area (Å²) in [5.74, 6) is -8.02. The summed E-state index contributed by atoms with van der Waals surface area (Å²) in [5.41, 5.74) is -3.30. The van der Waals surface area contributed by atoms with Crippen LogP contribution in [0, 0.1) is 11.6 Å². The van der Waals surface area contributed by atoms with Crippen molar-refractivity contribution in [2.24, 2.45) is 0 Å². The molecule has 9 amide bonds. The van der Waals surface area contributed by atoms with Crippen LogP contribution >= 0.6 is 0 Å². The molecule has 2 fully saturated rings. The number of likely N-dealkylation sites (tertiary alicyclic amines) is 1. The number of amides is 9. The first-order valence-electron chi connectivity index (χ1n) is 18.9. The molecule has 2 aromatic carbocycles. The number of hydrogen-bond acceptors (Lipinski definition) is 15. The molecular weight excluding hydrogens is 826 g/mol. The van der Waals surface area contributed by atoms with Gasteiger partial charge in [0, 0.05) is 12.8 Å². The topological polar surface area (TPSA) is 246 Å². The summed E-state index contributed by atoms with van der Waals surface area (Å²) in [6.07, 6.45) is -3.60. The highest BCUT2D eigenvalue weighted by Crippen LogP contribution is 2.32. The number of halogens is 2. The molecule has 0 spiro atoms. The van der Waals surface area contributed by atoms with Crippen molar-refractivity contribution in [2.75, 3.05) is 0 Å². The van der Waals surface area contributed by atoms with Crippen molar-refractivity contribution in [1.82, 2.24) is 20.0 Å². The van der Waals surface area contributed by atoms with Crippen LogP contribution in [0.25, 0.3) is 0 Å². The van der Waals surface area contributed by atoms with Gasteiger partial charge in [-0.25, -0.2) is 23.2 Å². The lowest BCUT2D eigenvalue weighted by Crippen LogP contribution is -2.58. The van der Waals surface area contributed by atoms with Crippen LogP contribution in [0.3, 0.4) is 0 Å². The first-order chi connectivity index (χ1) is 28.5. The summed E-state index contributed by atoms with van der Waals surface area (Å²) in [6.45, 7) is 14.7. The van der Waals surface area contributed by atoms with Crippen LogP contribution < -0.4 is 5.32 Å². The minimum Gasteiger partial charge on any atom is -0.443 e. The number of benzene rings is 2. The highest BCUT2D eigenvalue weighted by molar-refractivity contribution is 6.25. The van der Waals surface area contributed by atoms with Crippen molar-refractivity contribution in [2.45, 2.75) is 117 Å². The predicted molar refractivity (Wildman–Crippen MR) is 205 cm³/mol. The minimum absolute atomic E-state index is 0.0340. The Bertz CT molecular complexity index is 2250. The molecule has 332 valence electrons. The zero-order valence-corrected chi connectivity index (χ0v) is 35.2. The summed E-state index contributed by atoms with van der Waals surface area (Å²) in [6, 6.07) is 4.88. The second-order valence-corrected chi connectivity index (χ2v) is 16.9. The van der Waals surface area contributed by atoms with E-state index in [0.717, 1.165) is 17.0 Å². The van der Waals surface area contributed by atoms with Crippen LogP contribution in [0.15, 0.2) is 36.4 Å². The summed E-state index contributed by atoms with van der Waals surface area (Å²) in [5, 5.41) is 2.07. The molecule has 2 unspecified atom stereocenters. The molecule has 0 aliphatic carbocycles. The zero-order chi connectivity index (χ0) is 46.8. The maximum atomic E-state index is 14.0. The third-order valence-electron chi connectivity index (χ3n) is 8.53. The van der Waals surface area contributed by atoms with Gasteiger partial charge in [0.15, 0.2) is 0 Å². The quantitative estimate of drug-likeness (QED) is 0.181. The maximum absolute atomic E-state index is 14.0. The third kappa shape index (κ3) is 11.1. The van der Waals surface area contributed by atoms with E-state index in [1.54, 1.807) is 62.3 Å². The number of hydrogen-bond donors (Lipinski definition) is 1. The number of rotatable bonds is 2. The van der Waals surface area contributed by atoms with Gasteiger partial charge in [-0.05, 0) is 99.4 Å². The SMILES string of the molecule is CC(C)(C)OC(=O)N1C(=O)CCC(N2C(=O)c3cccc(F)c3C2=O)C1=O.CC(C)(C)OC(=O)OC(=O)OC(C)(C)C.O=C1CCC(N2C(=O)c3cccc(F)c3C2=O)C(=O)N1. The Morgan fingerprint density at radius 3 is 1.42 bits per heavy atom. The average molecular weight is 871 g/mol. The van der Waals surface area contributed by atoms with Gasteiger partial charge < -0.3 is 18.9 Å². The number of imide groups is 6. The van der Waals surface area contributed by atoms with E-state index in [4.69, 9.17) is 14.2 Å². The van der Waals surface area contributed by atoms with E-state index in [9.17, 15) is 61.5 Å². The van der Waals surface area contributed by atoms with Crippen molar-refractivity contribution in [3.8, 4) is 0 Å². The lowest BCUT2D eigenvalue weighted by molar-refractivity contribution is -0.150. The normalized spacial score (nSPS) is 18.8.